The molecule has 0 saturated carbocycles. The normalized spacial score (nSPS) is 33.0. The third-order valence-electron chi connectivity index (χ3n) is 7.01. The van der Waals surface area contributed by atoms with E-state index in [0.717, 1.165) is 19.3 Å². The zero-order valence-corrected chi connectivity index (χ0v) is 21.9. The topological polar surface area (TPSA) is 87.2 Å². The molecule has 184 valence electrons. The lowest BCUT2D eigenvalue weighted by Gasteiger charge is -2.39. The summed E-state index contributed by atoms with van der Waals surface area (Å²) in [6, 6.07) is -1.28. The van der Waals surface area contributed by atoms with Crippen LogP contribution in [0.2, 0.25) is 0 Å². The van der Waals surface area contributed by atoms with E-state index in [-0.39, 0.29) is 35.1 Å². The molecule has 9 heteroatoms. The highest BCUT2D eigenvalue weighted by Gasteiger charge is 2.76. The Morgan fingerprint density at radius 2 is 2.12 bits per heavy atom. The number of nitrogens with zero attached hydrogens (tertiary/aromatic N) is 2. The summed E-state index contributed by atoms with van der Waals surface area (Å²) >= 11 is 5.30. The second-order valence-corrected chi connectivity index (χ2v) is 11.9. The first-order valence-corrected chi connectivity index (χ1v) is 13.5. The number of hydrogen-bond donors (Lipinski definition) is 1. The molecule has 3 aliphatic rings. The molecule has 0 aromatic heterocycles. The fraction of sp³-hybridized carbons (Fsp3) is 0.708. The number of aliphatic hydroxyl groups excluding tert-OH is 1. The lowest BCUT2D eigenvalue weighted by atomic mass is 9.71. The maximum absolute atomic E-state index is 14.0. The Hall–Kier alpha value is -1.32. The van der Waals surface area contributed by atoms with E-state index in [4.69, 9.17) is 4.74 Å². The highest BCUT2D eigenvalue weighted by atomic mass is 79.9. The maximum Gasteiger partial charge on any atom is 0.311 e. The van der Waals surface area contributed by atoms with Crippen molar-refractivity contribution in [2.75, 3.05) is 26.3 Å². The van der Waals surface area contributed by atoms with Crippen LogP contribution < -0.4 is 0 Å². The summed E-state index contributed by atoms with van der Waals surface area (Å²) in [6.07, 6.45) is 6.73. The molecular weight excluding hydrogens is 508 g/mol. The molecule has 3 unspecified atom stereocenters. The molecule has 3 aliphatic heterocycles. The summed E-state index contributed by atoms with van der Waals surface area (Å²) in [5, 5.41) is 9.80. The van der Waals surface area contributed by atoms with Crippen LogP contribution in [0.1, 0.15) is 39.5 Å². The number of likely N-dealkylation sites (tertiary alicyclic amines) is 1. The van der Waals surface area contributed by atoms with Gasteiger partial charge in [0.15, 0.2) is 0 Å². The van der Waals surface area contributed by atoms with Gasteiger partial charge < -0.3 is 19.6 Å². The molecule has 33 heavy (non-hydrogen) atoms. The van der Waals surface area contributed by atoms with Gasteiger partial charge in [-0.3, -0.25) is 14.4 Å². The number of rotatable bonds is 12. The van der Waals surface area contributed by atoms with Crippen molar-refractivity contribution in [3.8, 4) is 0 Å². The van der Waals surface area contributed by atoms with Gasteiger partial charge in [-0.25, -0.2) is 0 Å². The third-order valence-corrected chi connectivity index (χ3v) is 10.2. The van der Waals surface area contributed by atoms with Crippen LogP contribution in [0.4, 0.5) is 0 Å². The molecule has 7 atom stereocenters. The van der Waals surface area contributed by atoms with Crippen LogP contribution in [-0.2, 0) is 19.1 Å². The molecule has 0 radical (unpaired) electrons. The molecular formula is C24H35BrN2O5S. The molecule has 3 fully saturated rings. The zero-order chi connectivity index (χ0) is 24.3. The first-order valence-electron chi connectivity index (χ1n) is 11.7. The molecule has 1 spiro atoms. The van der Waals surface area contributed by atoms with E-state index >= 15 is 0 Å². The van der Waals surface area contributed by atoms with Gasteiger partial charge in [0.1, 0.15) is 12.6 Å². The number of thioether (sulfide) groups is 1. The number of hydrogen-bond acceptors (Lipinski definition) is 6. The van der Waals surface area contributed by atoms with Crippen LogP contribution in [0.3, 0.4) is 0 Å². The van der Waals surface area contributed by atoms with Crippen LogP contribution in [0.15, 0.2) is 25.3 Å². The van der Waals surface area contributed by atoms with Crippen LogP contribution in [0, 0.1) is 11.8 Å². The molecule has 0 aliphatic carbocycles. The second kappa shape index (κ2) is 11.0. The van der Waals surface area contributed by atoms with E-state index in [1.807, 2.05) is 0 Å². The van der Waals surface area contributed by atoms with Gasteiger partial charge in [0.05, 0.1) is 29.2 Å². The van der Waals surface area contributed by atoms with Gasteiger partial charge in [-0.2, -0.15) is 0 Å². The highest BCUT2D eigenvalue weighted by molar-refractivity contribution is 9.09. The molecule has 7 nitrogen and oxygen atoms in total. The number of fused-ring (bicyclic) bond motifs is 1. The second-order valence-electron chi connectivity index (χ2n) is 9.14. The van der Waals surface area contributed by atoms with Gasteiger partial charge in [-0.1, -0.05) is 54.4 Å². The number of amides is 2. The molecule has 1 N–H and O–H groups in total. The standard InChI is InChI=1S/C24H35BrN2O5S/c1-5-8-9-11-26(10-6-2)22(30)20-24-13-16(25)19(33-24)17(23(31)32-12-7-3)18(24)21(29)27(20)15(4)14-28/h6-7,15-20,28H,2-3,5,8-14H2,1,4H3/t15-,16?,17-,18+,19-,20?,24?/m1/s1. The third kappa shape index (κ3) is 4.52. The number of alkyl halides is 1. The zero-order valence-electron chi connectivity index (χ0n) is 19.5. The van der Waals surface area contributed by atoms with Gasteiger partial charge >= 0.3 is 5.97 Å². The van der Waals surface area contributed by atoms with Crippen molar-refractivity contribution in [1.29, 1.82) is 0 Å². The fourth-order valence-electron chi connectivity index (χ4n) is 5.59. The van der Waals surface area contributed by atoms with E-state index < -0.39 is 34.6 Å². The molecule has 3 rings (SSSR count). The summed E-state index contributed by atoms with van der Waals surface area (Å²) in [7, 11) is 0. The van der Waals surface area contributed by atoms with E-state index in [1.165, 1.54) is 6.08 Å². The smallest absolute Gasteiger partial charge is 0.311 e. The Bertz CT molecular complexity index is 795. The number of unbranched alkanes of at least 4 members (excludes halogenated alkanes) is 2. The number of halogens is 1. The molecule has 0 aromatic rings. The largest absolute Gasteiger partial charge is 0.461 e. The van der Waals surface area contributed by atoms with Crippen molar-refractivity contribution in [2.45, 2.75) is 66.4 Å². The lowest BCUT2D eigenvalue weighted by molar-refractivity contribution is -0.153. The van der Waals surface area contributed by atoms with Gasteiger partial charge in [-0.05, 0) is 19.8 Å². The van der Waals surface area contributed by atoms with Gasteiger partial charge in [-0.15, -0.1) is 18.3 Å². The maximum atomic E-state index is 14.0. The number of ether oxygens (including phenoxy) is 1. The van der Waals surface area contributed by atoms with E-state index in [9.17, 15) is 19.5 Å². The minimum absolute atomic E-state index is 0.0135. The molecule has 2 amide bonds. The van der Waals surface area contributed by atoms with Crippen LogP contribution in [0.25, 0.3) is 0 Å². The first-order chi connectivity index (χ1) is 15.8. The van der Waals surface area contributed by atoms with E-state index in [0.29, 0.717) is 19.5 Å². The molecule has 3 saturated heterocycles. The van der Waals surface area contributed by atoms with Crippen molar-refractivity contribution in [3.05, 3.63) is 25.3 Å². The monoisotopic (exact) mass is 542 g/mol. The minimum atomic E-state index is -0.744. The predicted octanol–water partition coefficient (Wildman–Crippen LogP) is 2.77. The Morgan fingerprint density at radius 1 is 1.39 bits per heavy atom. The van der Waals surface area contributed by atoms with Gasteiger partial charge in [0.2, 0.25) is 11.8 Å². The van der Waals surface area contributed by atoms with Crippen molar-refractivity contribution < 1.29 is 24.2 Å². The van der Waals surface area contributed by atoms with Crippen molar-refractivity contribution in [3.63, 3.8) is 0 Å². The molecule has 0 aromatic carbocycles. The molecule has 3 heterocycles. The predicted molar refractivity (Wildman–Crippen MR) is 133 cm³/mol. The molecule has 2 bridgehead atoms. The number of esters is 1. The first kappa shape index (κ1) is 26.3. The van der Waals surface area contributed by atoms with Crippen LogP contribution in [-0.4, -0.2) is 85.9 Å². The minimum Gasteiger partial charge on any atom is -0.461 e. The Kier molecular flexibility index (Phi) is 8.72. The Balaban J connectivity index is 2.02. The van der Waals surface area contributed by atoms with E-state index in [2.05, 4.69) is 36.0 Å². The summed E-state index contributed by atoms with van der Waals surface area (Å²) in [4.78, 5) is 44.2. The van der Waals surface area contributed by atoms with Crippen molar-refractivity contribution in [1.82, 2.24) is 9.80 Å². The number of aliphatic hydroxyl groups is 1. The summed E-state index contributed by atoms with van der Waals surface area (Å²) in [5.74, 6) is -2.08. The summed E-state index contributed by atoms with van der Waals surface area (Å²) in [6.45, 7) is 12.1. The van der Waals surface area contributed by atoms with Gasteiger partial charge in [0.25, 0.3) is 0 Å². The highest BCUT2D eigenvalue weighted by Crippen LogP contribution is 2.68. The summed E-state index contributed by atoms with van der Waals surface area (Å²) in [5.41, 5.74) is 0. The lowest BCUT2D eigenvalue weighted by Crippen LogP contribution is -2.57. The Morgan fingerprint density at radius 3 is 2.73 bits per heavy atom. The van der Waals surface area contributed by atoms with Crippen molar-refractivity contribution >= 4 is 45.5 Å². The summed E-state index contributed by atoms with van der Waals surface area (Å²) < 4.78 is 4.64. The number of carbonyl (C=O) groups is 3. The van der Waals surface area contributed by atoms with Crippen LogP contribution >= 0.6 is 27.7 Å². The average Bonchev–Trinajstić information content (AvgIpc) is 3.39. The van der Waals surface area contributed by atoms with Crippen molar-refractivity contribution in [2.24, 2.45) is 11.8 Å². The fourth-order valence-corrected chi connectivity index (χ4v) is 9.17. The average molecular weight is 544 g/mol. The quantitative estimate of drug-likeness (QED) is 0.176. The van der Waals surface area contributed by atoms with E-state index in [1.54, 1.807) is 34.6 Å². The Labute approximate surface area is 209 Å². The van der Waals surface area contributed by atoms with Crippen LogP contribution in [0.5, 0.6) is 0 Å². The number of carbonyl (C=O) groups excluding carboxylic acids is 3. The SMILES string of the molecule is C=CCOC(=O)[C@H]1[C@@H]2SC3(CC2Br)C(C(=O)N(CC=C)CCCCC)N([C@H](C)CO)C(=O)[C@H]13. The van der Waals surface area contributed by atoms with Gasteiger partial charge in [0, 0.05) is 23.2 Å².